The Morgan fingerprint density at radius 1 is 0.978 bits per heavy atom. The number of hydrogen-bond acceptors (Lipinski definition) is 8. The minimum Gasteiger partial charge on any atom is -0.494 e. The molecule has 2 fully saturated rings. The van der Waals surface area contributed by atoms with Crippen LogP contribution in [0.3, 0.4) is 0 Å². The van der Waals surface area contributed by atoms with Gasteiger partial charge < -0.3 is 29.3 Å². The number of ether oxygens (including phenoxy) is 2. The Morgan fingerprint density at radius 2 is 1.74 bits per heavy atom. The third-order valence-corrected chi connectivity index (χ3v) is 9.88. The summed E-state index contributed by atoms with van der Waals surface area (Å²) in [5.41, 5.74) is -0.401. The molecule has 0 saturated carbocycles. The molecule has 12 nitrogen and oxygen atoms in total. The first-order valence-electron chi connectivity index (χ1n) is 15.9. The SMILES string of the molecule is CCOc1ccc(N2CC=C[C@]3(CC)O[C@]45C=CCN(Cn6nnc7ccccc76)C(=O)C4N([C@H](C)CO)C(=O)[C@@H]5[C@@H]3C2=O)cc1. The zero-order valence-corrected chi connectivity index (χ0v) is 26.2. The van der Waals surface area contributed by atoms with E-state index in [2.05, 4.69) is 10.3 Å². The van der Waals surface area contributed by atoms with Gasteiger partial charge in [-0.1, -0.05) is 48.6 Å². The Labute approximate surface area is 266 Å². The molecule has 240 valence electrons. The van der Waals surface area contributed by atoms with E-state index in [-0.39, 0.29) is 37.5 Å². The van der Waals surface area contributed by atoms with Crippen LogP contribution in [0.1, 0.15) is 27.2 Å². The number of aromatic nitrogens is 3. The van der Waals surface area contributed by atoms with Gasteiger partial charge in [0.1, 0.15) is 29.6 Å². The Hall–Kier alpha value is -4.55. The molecule has 1 N–H and O–H groups in total. The number of likely N-dealkylation sites (tertiary alicyclic amines) is 1. The zero-order valence-electron chi connectivity index (χ0n) is 26.2. The topological polar surface area (TPSA) is 130 Å². The van der Waals surface area contributed by atoms with Gasteiger partial charge in [-0.3, -0.25) is 14.4 Å². The normalized spacial score (nSPS) is 29.5. The summed E-state index contributed by atoms with van der Waals surface area (Å²) in [5, 5.41) is 18.8. The smallest absolute Gasteiger partial charge is 0.250 e. The number of anilines is 1. The van der Waals surface area contributed by atoms with E-state index >= 15 is 0 Å². The molecule has 6 atom stereocenters. The molecule has 12 heteroatoms. The lowest BCUT2D eigenvalue weighted by molar-refractivity contribution is -0.156. The van der Waals surface area contributed by atoms with Gasteiger partial charge >= 0.3 is 0 Å². The number of rotatable bonds is 8. The lowest BCUT2D eigenvalue weighted by atomic mass is 9.73. The number of aliphatic hydroxyl groups excluding tert-OH is 1. The molecule has 46 heavy (non-hydrogen) atoms. The molecule has 3 amide bonds. The van der Waals surface area contributed by atoms with Crippen molar-refractivity contribution in [1.29, 1.82) is 0 Å². The van der Waals surface area contributed by atoms with E-state index in [1.54, 1.807) is 21.4 Å². The second-order valence-electron chi connectivity index (χ2n) is 12.4. The summed E-state index contributed by atoms with van der Waals surface area (Å²) >= 11 is 0. The van der Waals surface area contributed by atoms with E-state index in [0.717, 1.165) is 5.52 Å². The Bertz CT molecular complexity index is 1740. The fraction of sp³-hybridized carbons (Fsp3) is 0.441. The van der Waals surface area contributed by atoms with Crippen LogP contribution < -0.4 is 9.64 Å². The predicted molar refractivity (Wildman–Crippen MR) is 168 cm³/mol. The molecular formula is C34H38N6O6. The summed E-state index contributed by atoms with van der Waals surface area (Å²) in [6, 6.07) is 13.0. The number of fused-ring (bicyclic) bond motifs is 3. The summed E-state index contributed by atoms with van der Waals surface area (Å²) in [4.78, 5) is 48.7. The van der Waals surface area contributed by atoms with Gasteiger partial charge in [0.2, 0.25) is 11.8 Å². The van der Waals surface area contributed by atoms with E-state index in [9.17, 15) is 19.5 Å². The molecule has 0 bridgehead atoms. The number of aliphatic hydroxyl groups is 1. The molecule has 5 heterocycles. The summed E-state index contributed by atoms with van der Waals surface area (Å²) in [5.74, 6) is -2.17. The van der Waals surface area contributed by atoms with Crippen LogP contribution in [0.25, 0.3) is 11.0 Å². The summed E-state index contributed by atoms with van der Waals surface area (Å²) in [6.45, 7) is 6.36. The Morgan fingerprint density at radius 3 is 2.48 bits per heavy atom. The molecule has 1 spiro atoms. The molecule has 0 radical (unpaired) electrons. The van der Waals surface area contributed by atoms with Crippen molar-refractivity contribution < 1.29 is 29.0 Å². The van der Waals surface area contributed by atoms with Gasteiger partial charge in [-0.05, 0) is 56.7 Å². The lowest BCUT2D eigenvalue weighted by Gasteiger charge is -2.40. The second kappa shape index (κ2) is 11.4. The first-order chi connectivity index (χ1) is 22.3. The first-order valence-corrected chi connectivity index (χ1v) is 15.9. The molecule has 1 unspecified atom stereocenters. The highest BCUT2D eigenvalue weighted by Crippen LogP contribution is 2.59. The molecule has 2 aromatic carbocycles. The number of nitrogens with zero attached hydrogens (tertiary/aromatic N) is 6. The average molecular weight is 627 g/mol. The van der Waals surface area contributed by atoms with Crippen molar-refractivity contribution in [3.05, 3.63) is 72.8 Å². The standard InChI is InChI=1S/C34H38N6O6/c1-4-33-16-8-19-38(23-12-14-24(15-13-23)45-5-2)30(42)27(33)28-31(43)40(22(3)20-41)29-32(44)37(18-9-17-34(28,29)46-33)21-39-26-11-7-6-10-25(26)35-36-39/h6-17,22,27-29,41H,4-5,18-21H2,1-3H3/t22-,27-,28+,29?,33+,34+/m1/s1. The third kappa shape index (κ3) is 4.38. The van der Waals surface area contributed by atoms with Crippen LogP contribution in [0.4, 0.5) is 5.69 Å². The zero-order chi connectivity index (χ0) is 32.2. The van der Waals surface area contributed by atoms with Crippen molar-refractivity contribution >= 4 is 34.4 Å². The maximum Gasteiger partial charge on any atom is 0.250 e. The van der Waals surface area contributed by atoms with Gasteiger partial charge in [-0.15, -0.1) is 5.10 Å². The highest BCUT2D eigenvalue weighted by Gasteiger charge is 2.75. The van der Waals surface area contributed by atoms with Crippen molar-refractivity contribution in [2.24, 2.45) is 11.8 Å². The molecule has 7 rings (SSSR count). The number of carbonyl (C=O) groups is 3. The number of carbonyl (C=O) groups excluding carboxylic acids is 3. The number of hydrogen-bond donors (Lipinski definition) is 1. The van der Waals surface area contributed by atoms with Crippen molar-refractivity contribution in [3.8, 4) is 5.75 Å². The molecule has 1 aromatic heterocycles. The molecular weight excluding hydrogens is 588 g/mol. The fourth-order valence-electron chi connectivity index (χ4n) is 7.74. The van der Waals surface area contributed by atoms with E-state index in [1.165, 1.54) is 4.90 Å². The van der Waals surface area contributed by atoms with Gasteiger partial charge in [0.05, 0.1) is 42.2 Å². The van der Waals surface area contributed by atoms with Crippen LogP contribution in [-0.4, -0.2) is 97.2 Å². The van der Waals surface area contributed by atoms with Crippen LogP contribution >= 0.6 is 0 Å². The van der Waals surface area contributed by atoms with Crippen LogP contribution in [-0.2, 0) is 25.8 Å². The highest BCUT2D eigenvalue weighted by atomic mass is 16.5. The molecule has 4 aliphatic rings. The molecule has 4 aliphatic heterocycles. The van der Waals surface area contributed by atoms with Crippen LogP contribution in [0, 0.1) is 11.8 Å². The average Bonchev–Trinajstić information content (AvgIpc) is 3.62. The van der Waals surface area contributed by atoms with Gasteiger partial charge in [0.15, 0.2) is 0 Å². The molecule has 3 aromatic rings. The summed E-state index contributed by atoms with van der Waals surface area (Å²) < 4.78 is 14.3. The van der Waals surface area contributed by atoms with Gasteiger partial charge in [-0.25, -0.2) is 4.68 Å². The highest BCUT2D eigenvalue weighted by molar-refractivity contribution is 6.04. The van der Waals surface area contributed by atoms with Gasteiger partial charge in [0, 0.05) is 18.8 Å². The minimum atomic E-state index is -1.43. The lowest BCUT2D eigenvalue weighted by Crippen LogP contribution is -2.58. The van der Waals surface area contributed by atoms with E-state index in [1.807, 2.05) is 86.7 Å². The van der Waals surface area contributed by atoms with E-state index in [0.29, 0.717) is 36.5 Å². The van der Waals surface area contributed by atoms with Crippen molar-refractivity contribution in [3.63, 3.8) is 0 Å². The number of amides is 3. The molecule has 2 saturated heterocycles. The van der Waals surface area contributed by atoms with Crippen LogP contribution in [0.5, 0.6) is 5.75 Å². The monoisotopic (exact) mass is 626 g/mol. The third-order valence-electron chi connectivity index (χ3n) is 9.88. The van der Waals surface area contributed by atoms with Crippen LogP contribution in [0.2, 0.25) is 0 Å². The van der Waals surface area contributed by atoms with Gasteiger partial charge in [0.25, 0.3) is 5.91 Å². The Balaban J connectivity index is 1.30. The van der Waals surface area contributed by atoms with Crippen molar-refractivity contribution in [1.82, 2.24) is 24.8 Å². The number of para-hydroxylation sites is 1. The largest absolute Gasteiger partial charge is 0.494 e. The minimum absolute atomic E-state index is 0.100. The van der Waals surface area contributed by atoms with Crippen LogP contribution in [0.15, 0.2) is 72.8 Å². The second-order valence-corrected chi connectivity index (χ2v) is 12.4. The quantitative estimate of drug-likeness (QED) is 0.378. The maximum absolute atomic E-state index is 14.7. The van der Waals surface area contributed by atoms with E-state index < -0.39 is 35.1 Å². The van der Waals surface area contributed by atoms with Crippen molar-refractivity contribution in [2.75, 3.05) is 31.2 Å². The predicted octanol–water partition coefficient (Wildman–Crippen LogP) is 2.53. The maximum atomic E-state index is 14.7. The molecule has 0 aliphatic carbocycles. The summed E-state index contributed by atoms with van der Waals surface area (Å²) in [7, 11) is 0. The van der Waals surface area contributed by atoms with Crippen molar-refractivity contribution in [2.45, 2.75) is 57.1 Å². The fourth-order valence-corrected chi connectivity index (χ4v) is 7.74. The first kappa shape index (κ1) is 30.1. The Kier molecular flexibility index (Phi) is 7.44. The van der Waals surface area contributed by atoms with E-state index in [4.69, 9.17) is 9.47 Å². The van der Waals surface area contributed by atoms with Gasteiger partial charge in [-0.2, -0.15) is 0 Å². The number of benzene rings is 2. The summed E-state index contributed by atoms with van der Waals surface area (Å²) in [6.07, 6.45) is 7.90.